The minimum atomic E-state index is -0.0919. The molecule has 1 amide bonds. The van der Waals surface area contributed by atoms with Crippen LogP contribution in [-0.2, 0) is 6.42 Å². The number of amides is 1. The van der Waals surface area contributed by atoms with Crippen molar-refractivity contribution in [3.8, 4) is 5.75 Å². The summed E-state index contributed by atoms with van der Waals surface area (Å²) >= 11 is 6.16. The number of phenolic OH excluding ortho intramolecular Hbond substituents is 1. The van der Waals surface area contributed by atoms with E-state index < -0.39 is 0 Å². The molecule has 0 saturated heterocycles. The fourth-order valence-electron chi connectivity index (χ4n) is 4.23. The number of aromatic hydroxyl groups is 1. The Morgan fingerprint density at radius 3 is 2.55 bits per heavy atom. The first-order valence-corrected chi connectivity index (χ1v) is 11.0. The molecule has 0 spiro atoms. The van der Waals surface area contributed by atoms with Gasteiger partial charge in [-0.2, -0.15) is 0 Å². The van der Waals surface area contributed by atoms with Gasteiger partial charge < -0.3 is 15.3 Å². The first-order valence-electron chi connectivity index (χ1n) is 10.6. The molecule has 2 N–H and O–H groups in total. The lowest BCUT2D eigenvalue weighted by Gasteiger charge is -2.22. The first kappa shape index (κ1) is 21.4. The van der Waals surface area contributed by atoms with Crippen molar-refractivity contribution in [2.75, 3.05) is 20.1 Å². The Morgan fingerprint density at radius 2 is 1.84 bits per heavy atom. The van der Waals surface area contributed by atoms with Crippen LogP contribution < -0.4 is 5.32 Å². The van der Waals surface area contributed by atoms with Gasteiger partial charge in [-0.1, -0.05) is 54.1 Å². The molecule has 3 aromatic carbocycles. The quantitative estimate of drug-likeness (QED) is 0.596. The number of hydrogen-bond donors (Lipinski definition) is 2. The number of carbonyl (C=O) groups is 1. The van der Waals surface area contributed by atoms with Crippen molar-refractivity contribution >= 4 is 17.5 Å². The number of nitrogens with one attached hydrogen (secondary N) is 1. The van der Waals surface area contributed by atoms with Crippen molar-refractivity contribution in [2.24, 2.45) is 0 Å². The Morgan fingerprint density at radius 1 is 1.13 bits per heavy atom. The predicted molar refractivity (Wildman–Crippen MR) is 125 cm³/mol. The Bertz CT molecular complexity index is 1070. The zero-order valence-corrected chi connectivity index (χ0v) is 18.6. The van der Waals surface area contributed by atoms with Crippen LogP contribution in [-0.4, -0.2) is 36.1 Å². The molecular formula is C26H27ClN2O2. The smallest absolute Gasteiger partial charge is 0.251 e. The summed E-state index contributed by atoms with van der Waals surface area (Å²) in [7, 11) is 2.10. The van der Waals surface area contributed by atoms with Gasteiger partial charge in [0.15, 0.2) is 0 Å². The molecular weight excluding hydrogens is 408 g/mol. The molecule has 160 valence electrons. The zero-order valence-electron chi connectivity index (χ0n) is 17.8. The average molecular weight is 435 g/mol. The number of fused-ring (bicyclic) bond motifs is 1. The number of halogens is 1. The fourth-order valence-corrected chi connectivity index (χ4v) is 4.42. The minimum Gasteiger partial charge on any atom is -0.506 e. The van der Waals surface area contributed by atoms with Crippen LogP contribution in [0.2, 0.25) is 5.02 Å². The molecule has 2 atom stereocenters. The molecule has 1 aliphatic rings. The maximum absolute atomic E-state index is 12.7. The van der Waals surface area contributed by atoms with E-state index in [0.717, 1.165) is 41.8 Å². The largest absolute Gasteiger partial charge is 0.506 e. The van der Waals surface area contributed by atoms with Gasteiger partial charge in [-0.3, -0.25) is 4.79 Å². The molecule has 3 aromatic rings. The number of carbonyl (C=O) groups excluding carboxylic acids is 1. The van der Waals surface area contributed by atoms with Crippen LogP contribution in [0, 0.1) is 0 Å². The highest BCUT2D eigenvalue weighted by Crippen LogP contribution is 2.36. The Balaban J connectivity index is 1.56. The normalized spacial score (nSPS) is 17.5. The summed E-state index contributed by atoms with van der Waals surface area (Å²) in [6.07, 6.45) is 0.889. The van der Waals surface area contributed by atoms with Crippen molar-refractivity contribution in [3.63, 3.8) is 0 Å². The molecule has 1 heterocycles. The number of likely N-dealkylation sites (N-methyl/N-ethyl adjacent to an activating group) is 1. The molecule has 31 heavy (non-hydrogen) atoms. The van der Waals surface area contributed by atoms with Crippen LogP contribution in [0.25, 0.3) is 0 Å². The van der Waals surface area contributed by atoms with Gasteiger partial charge in [0.2, 0.25) is 0 Å². The second kappa shape index (κ2) is 9.13. The second-order valence-electron chi connectivity index (χ2n) is 8.30. The summed E-state index contributed by atoms with van der Waals surface area (Å²) < 4.78 is 0. The number of nitrogens with zero attached hydrogens (tertiary/aromatic N) is 1. The van der Waals surface area contributed by atoms with Crippen molar-refractivity contribution in [1.82, 2.24) is 10.2 Å². The zero-order chi connectivity index (χ0) is 22.0. The molecule has 0 fully saturated rings. The van der Waals surface area contributed by atoms with E-state index >= 15 is 0 Å². The predicted octanol–water partition coefficient (Wildman–Crippen LogP) is 5.16. The van der Waals surface area contributed by atoms with Crippen LogP contribution in [0.15, 0.2) is 66.7 Å². The number of rotatable bonds is 4. The van der Waals surface area contributed by atoms with E-state index in [9.17, 15) is 9.90 Å². The maximum atomic E-state index is 12.7. The first-order chi connectivity index (χ1) is 14.9. The van der Waals surface area contributed by atoms with Crippen LogP contribution in [0.5, 0.6) is 5.75 Å². The van der Waals surface area contributed by atoms with E-state index in [1.54, 1.807) is 6.07 Å². The van der Waals surface area contributed by atoms with Crippen molar-refractivity contribution in [2.45, 2.75) is 25.3 Å². The SMILES string of the molecule is CC(NC(=O)c1ccc(C2CN(C)CCc3cc(Cl)c(O)cc32)cc1)c1ccccc1. The molecule has 0 saturated carbocycles. The fraction of sp³-hybridized carbons (Fsp3) is 0.269. The highest BCUT2D eigenvalue weighted by Gasteiger charge is 2.24. The lowest BCUT2D eigenvalue weighted by atomic mass is 9.87. The third-order valence-electron chi connectivity index (χ3n) is 6.06. The van der Waals surface area contributed by atoms with E-state index in [-0.39, 0.29) is 23.6 Å². The summed E-state index contributed by atoms with van der Waals surface area (Å²) in [5, 5.41) is 13.6. The lowest BCUT2D eigenvalue weighted by Crippen LogP contribution is -2.27. The maximum Gasteiger partial charge on any atom is 0.251 e. The van der Waals surface area contributed by atoms with Gasteiger partial charge in [0.1, 0.15) is 5.75 Å². The minimum absolute atomic E-state index is 0.0662. The van der Waals surface area contributed by atoms with E-state index in [1.165, 1.54) is 0 Å². The molecule has 4 rings (SSSR count). The Kier molecular flexibility index (Phi) is 6.30. The molecule has 2 unspecified atom stereocenters. The lowest BCUT2D eigenvalue weighted by molar-refractivity contribution is 0.0940. The van der Waals surface area contributed by atoms with Gasteiger partial charge >= 0.3 is 0 Å². The van der Waals surface area contributed by atoms with E-state index in [1.807, 2.05) is 67.6 Å². The summed E-state index contributed by atoms with van der Waals surface area (Å²) in [5.41, 5.74) is 5.08. The standard InChI is InChI=1S/C26H27ClN2O2/c1-17(18-6-4-3-5-7-18)28-26(31)20-10-8-19(9-11-20)23-16-29(2)13-12-21-14-24(27)25(30)15-22(21)23/h3-11,14-15,17,23,30H,12-13,16H2,1-2H3,(H,28,31). The summed E-state index contributed by atoms with van der Waals surface area (Å²) in [6.45, 7) is 3.75. The monoisotopic (exact) mass is 434 g/mol. The van der Waals surface area contributed by atoms with Crippen LogP contribution >= 0.6 is 11.6 Å². The van der Waals surface area contributed by atoms with Crippen LogP contribution in [0.1, 0.15) is 51.5 Å². The van der Waals surface area contributed by atoms with E-state index in [2.05, 4.69) is 17.3 Å². The summed E-state index contributed by atoms with van der Waals surface area (Å²) in [5.74, 6) is 0.123. The number of phenols is 1. The molecule has 0 aliphatic carbocycles. The molecule has 5 heteroatoms. The number of benzene rings is 3. The van der Waals surface area contributed by atoms with Crippen molar-refractivity contribution in [3.05, 3.63) is 99.6 Å². The summed E-state index contributed by atoms with van der Waals surface area (Å²) in [4.78, 5) is 15.0. The second-order valence-corrected chi connectivity index (χ2v) is 8.70. The van der Waals surface area contributed by atoms with Gasteiger partial charge in [0, 0.05) is 24.6 Å². The van der Waals surface area contributed by atoms with E-state index in [0.29, 0.717) is 10.6 Å². The highest BCUT2D eigenvalue weighted by atomic mass is 35.5. The third kappa shape index (κ3) is 4.76. The van der Waals surface area contributed by atoms with Gasteiger partial charge in [0.05, 0.1) is 11.1 Å². The van der Waals surface area contributed by atoms with Crippen LogP contribution in [0.4, 0.5) is 0 Å². The van der Waals surface area contributed by atoms with E-state index in [4.69, 9.17) is 11.6 Å². The van der Waals surface area contributed by atoms with Gasteiger partial charge in [0.25, 0.3) is 5.91 Å². The third-order valence-corrected chi connectivity index (χ3v) is 6.37. The topological polar surface area (TPSA) is 52.6 Å². The molecule has 0 bridgehead atoms. The van der Waals surface area contributed by atoms with Gasteiger partial charge in [-0.05, 0) is 66.9 Å². The molecule has 0 radical (unpaired) electrons. The van der Waals surface area contributed by atoms with Gasteiger partial charge in [-0.15, -0.1) is 0 Å². The molecule has 0 aromatic heterocycles. The van der Waals surface area contributed by atoms with Crippen molar-refractivity contribution in [1.29, 1.82) is 0 Å². The Labute approximate surface area is 188 Å². The average Bonchev–Trinajstić information content (AvgIpc) is 2.93. The molecule has 1 aliphatic heterocycles. The highest BCUT2D eigenvalue weighted by molar-refractivity contribution is 6.32. The molecule has 4 nitrogen and oxygen atoms in total. The number of hydrogen-bond acceptors (Lipinski definition) is 3. The Hall–Kier alpha value is -2.82. The summed E-state index contributed by atoms with van der Waals surface area (Å²) in [6, 6.07) is 21.3. The van der Waals surface area contributed by atoms with Crippen molar-refractivity contribution < 1.29 is 9.90 Å². The van der Waals surface area contributed by atoms with Crippen LogP contribution in [0.3, 0.4) is 0 Å². The van der Waals surface area contributed by atoms with Gasteiger partial charge in [-0.25, -0.2) is 0 Å².